The number of hydrogen-bond donors (Lipinski definition) is 1. The van der Waals surface area contributed by atoms with Crippen LogP contribution >= 0.6 is 0 Å². The first-order valence-electron chi connectivity index (χ1n) is 5.18. The minimum atomic E-state index is -2.25. The summed E-state index contributed by atoms with van der Waals surface area (Å²) in [4.78, 5) is 4.21. The number of alkyl halides is 2. The molecular formula is C11H16F2N2O. The summed E-state index contributed by atoms with van der Waals surface area (Å²) < 4.78 is 28.9. The summed E-state index contributed by atoms with van der Waals surface area (Å²) in [6.07, 6.45) is -1.38. The topological polar surface area (TPSA) is 48.1 Å². The lowest BCUT2D eigenvalue weighted by molar-refractivity contribution is 0.135. The predicted molar refractivity (Wildman–Crippen MR) is 57.6 cm³/mol. The van der Waals surface area contributed by atoms with E-state index < -0.39 is 6.43 Å². The van der Waals surface area contributed by atoms with Crippen molar-refractivity contribution in [3.8, 4) is 5.88 Å². The van der Waals surface area contributed by atoms with Crippen LogP contribution in [0.3, 0.4) is 0 Å². The molecule has 2 N–H and O–H groups in total. The number of methoxy groups -OCH3 is 1. The number of aryl methyl sites for hydroxylation is 1. The van der Waals surface area contributed by atoms with E-state index in [1.807, 2.05) is 6.07 Å². The van der Waals surface area contributed by atoms with Crippen LogP contribution in [0.5, 0.6) is 5.88 Å². The first-order chi connectivity index (χ1) is 7.67. The predicted octanol–water partition coefficient (Wildman–Crippen LogP) is 2.14. The first-order valence-corrected chi connectivity index (χ1v) is 5.18. The van der Waals surface area contributed by atoms with Gasteiger partial charge < -0.3 is 10.5 Å². The van der Waals surface area contributed by atoms with E-state index in [4.69, 9.17) is 10.5 Å². The first kappa shape index (κ1) is 12.8. The third-order valence-corrected chi connectivity index (χ3v) is 2.27. The molecule has 0 spiro atoms. The summed E-state index contributed by atoms with van der Waals surface area (Å²) in [5.41, 5.74) is 7.08. The lowest BCUT2D eigenvalue weighted by Crippen LogP contribution is -2.04. The molecule has 1 aromatic heterocycles. The van der Waals surface area contributed by atoms with Crippen molar-refractivity contribution in [3.63, 3.8) is 0 Å². The van der Waals surface area contributed by atoms with Crippen molar-refractivity contribution in [2.75, 3.05) is 7.11 Å². The van der Waals surface area contributed by atoms with Gasteiger partial charge in [0.1, 0.15) is 0 Å². The molecule has 16 heavy (non-hydrogen) atoms. The van der Waals surface area contributed by atoms with Crippen LogP contribution in [-0.4, -0.2) is 18.5 Å². The molecule has 0 saturated heterocycles. The van der Waals surface area contributed by atoms with Crippen LogP contribution in [-0.2, 0) is 13.0 Å². The average molecular weight is 230 g/mol. The van der Waals surface area contributed by atoms with Gasteiger partial charge in [0.2, 0.25) is 12.3 Å². The number of nitrogens with zero attached hydrogens (tertiary/aromatic N) is 1. The van der Waals surface area contributed by atoms with Gasteiger partial charge in [-0.05, 0) is 18.9 Å². The van der Waals surface area contributed by atoms with Gasteiger partial charge in [0, 0.05) is 24.2 Å². The van der Waals surface area contributed by atoms with Gasteiger partial charge in [0.05, 0.1) is 7.11 Å². The summed E-state index contributed by atoms with van der Waals surface area (Å²) in [7, 11) is 1.52. The van der Waals surface area contributed by atoms with E-state index in [9.17, 15) is 8.78 Å². The molecule has 0 fully saturated rings. The lowest BCUT2D eigenvalue weighted by Gasteiger charge is -2.07. The SMILES string of the molecule is COc1nc(CCCC(F)F)ccc1CN. The zero-order chi connectivity index (χ0) is 12.0. The minimum absolute atomic E-state index is 0.0946. The summed E-state index contributed by atoms with van der Waals surface area (Å²) in [5, 5.41) is 0. The maximum Gasteiger partial charge on any atom is 0.238 e. The van der Waals surface area contributed by atoms with E-state index in [-0.39, 0.29) is 6.42 Å². The van der Waals surface area contributed by atoms with Crippen LogP contribution in [0.25, 0.3) is 0 Å². The molecule has 0 radical (unpaired) electrons. The van der Waals surface area contributed by atoms with Crippen molar-refractivity contribution in [2.45, 2.75) is 32.2 Å². The van der Waals surface area contributed by atoms with Gasteiger partial charge in [0.15, 0.2) is 0 Å². The van der Waals surface area contributed by atoms with Gasteiger partial charge >= 0.3 is 0 Å². The Kier molecular flexibility index (Phi) is 5.11. The average Bonchev–Trinajstić information content (AvgIpc) is 2.28. The van der Waals surface area contributed by atoms with Crippen LogP contribution in [0.2, 0.25) is 0 Å². The third kappa shape index (κ3) is 3.73. The quantitative estimate of drug-likeness (QED) is 0.814. The summed E-state index contributed by atoms with van der Waals surface area (Å²) >= 11 is 0. The van der Waals surface area contributed by atoms with Crippen LogP contribution in [0.4, 0.5) is 8.78 Å². The van der Waals surface area contributed by atoms with Crippen molar-refractivity contribution >= 4 is 0 Å². The van der Waals surface area contributed by atoms with E-state index >= 15 is 0 Å². The smallest absolute Gasteiger partial charge is 0.238 e. The number of pyridine rings is 1. The second-order valence-electron chi connectivity index (χ2n) is 3.46. The fourth-order valence-corrected chi connectivity index (χ4v) is 1.42. The summed E-state index contributed by atoms with van der Waals surface area (Å²) in [5.74, 6) is 0.483. The molecule has 0 bridgehead atoms. The molecule has 0 aliphatic carbocycles. The van der Waals surface area contributed by atoms with Crippen molar-refractivity contribution in [1.29, 1.82) is 0 Å². The molecule has 0 saturated carbocycles. The molecule has 0 atom stereocenters. The van der Waals surface area contributed by atoms with Crippen LogP contribution in [0.15, 0.2) is 12.1 Å². The number of nitrogens with two attached hydrogens (primary N) is 1. The molecule has 90 valence electrons. The second-order valence-corrected chi connectivity index (χ2v) is 3.46. The third-order valence-electron chi connectivity index (χ3n) is 2.27. The minimum Gasteiger partial charge on any atom is -0.481 e. The monoisotopic (exact) mass is 230 g/mol. The van der Waals surface area contributed by atoms with Gasteiger partial charge in [-0.25, -0.2) is 13.8 Å². The molecular weight excluding hydrogens is 214 g/mol. The molecule has 1 rings (SSSR count). The van der Waals surface area contributed by atoms with E-state index in [1.54, 1.807) is 6.07 Å². The Hall–Kier alpha value is -1.23. The molecule has 5 heteroatoms. The zero-order valence-electron chi connectivity index (χ0n) is 9.25. The standard InChI is InChI=1S/C11H16F2N2O/c1-16-11-8(7-14)5-6-9(15-11)3-2-4-10(12)13/h5-6,10H,2-4,7,14H2,1H3. The highest BCUT2D eigenvalue weighted by atomic mass is 19.3. The number of rotatable bonds is 6. The summed E-state index contributed by atoms with van der Waals surface area (Å²) in [6, 6.07) is 3.62. The van der Waals surface area contributed by atoms with Crippen LogP contribution < -0.4 is 10.5 Å². The van der Waals surface area contributed by atoms with Gasteiger partial charge in [-0.2, -0.15) is 0 Å². The Morgan fingerprint density at radius 3 is 2.75 bits per heavy atom. The van der Waals surface area contributed by atoms with Crippen LogP contribution in [0, 0.1) is 0 Å². The molecule has 1 aromatic rings. The maximum absolute atomic E-state index is 11.9. The normalized spacial score (nSPS) is 10.8. The fraction of sp³-hybridized carbons (Fsp3) is 0.545. The van der Waals surface area contributed by atoms with Gasteiger partial charge in [-0.1, -0.05) is 6.07 Å². The molecule has 3 nitrogen and oxygen atoms in total. The second kappa shape index (κ2) is 6.37. The number of halogens is 2. The Morgan fingerprint density at radius 2 is 2.19 bits per heavy atom. The van der Waals surface area contributed by atoms with Gasteiger partial charge in [-0.3, -0.25) is 0 Å². The fourth-order valence-electron chi connectivity index (χ4n) is 1.42. The van der Waals surface area contributed by atoms with E-state index in [2.05, 4.69) is 4.98 Å². The van der Waals surface area contributed by atoms with Crippen molar-refractivity contribution in [3.05, 3.63) is 23.4 Å². The van der Waals surface area contributed by atoms with Gasteiger partial charge in [0.25, 0.3) is 0 Å². The number of hydrogen-bond acceptors (Lipinski definition) is 3. The Labute approximate surface area is 93.6 Å². The van der Waals surface area contributed by atoms with Crippen molar-refractivity contribution in [1.82, 2.24) is 4.98 Å². The maximum atomic E-state index is 11.9. The summed E-state index contributed by atoms with van der Waals surface area (Å²) in [6.45, 7) is 0.355. The lowest BCUT2D eigenvalue weighted by atomic mass is 10.1. The molecule has 0 aliphatic heterocycles. The Bertz CT molecular complexity index is 332. The molecule has 1 heterocycles. The number of aromatic nitrogens is 1. The van der Waals surface area contributed by atoms with Crippen molar-refractivity contribution < 1.29 is 13.5 Å². The van der Waals surface area contributed by atoms with Gasteiger partial charge in [-0.15, -0.1) is 0 Å². The van der Waals surface area contributed by atoms with E-state index in [1.165, 1.54) is 7.11 Å². The molecule has 0 unspecified atom stereocenters. The Balaban J connectivity index is 2.60. The Morgan fingerprint density at radius 1 is 1.44 bits per heavy atom. The number of ether oxygens (including phenoxy) is 1. The highest BCUT2D eigenvalue weighted by molar-refractivity contribution is 5.28. The van der Waals surface area contributed by atoms with E-state index in [0.29, 0.717) is 25.3 Å². The molecule has 0 aromatic carbocycles. The molecule has 0 amide bonds. The highest BCUT2D eigenvalue weighted by Gasteiger charge is 2.06. The van der Waals surface area contributed by atoms with Crippen molar-refractivity contribution in [2.24, 2.45) is 5.73 Å². The molecule has 0 aliphatic rings. The van der Waals surface area contributed by atoms with Crippen LogP contribution in [0.1, 0.15) is 24.1 Å². The zero-order valence-corrected chi connectivity index (χ0v) is 9.25. The largest absolute Gasteiger partial charge is 0.481 e. The van der Waals surface area contributed by atoms with E-state index in [0.717, 1.165) is 11.3 Å². The highest BCUT2D eigenvalue weighted by Crippen LogP contribution is 2.16.